The van der Waals surface area contributed by atoms with Gasteiger partial charge >= 0.3 is 0 Å². The fourth-order valence-electron chi connectivity index (χ4n) is 6.11. The first kappa shape index (κ1) is 24.5. The highest BCUT2D eigenvalue weighted by Gasteiger charge is 2.24. The number of aromatic nitrogens is 1. The zero-order chi connectivity index (χ0) is 27.8. The second kappa shape index (κ2) is 8.76. The molecule has 0 aliphatic heterocycles. The van der Waals surface area contributed by atoms with E-state index in [0.29, 0.717) is 11.1 Å². The Morgan fingerprint density at radius 3 is 2.15 bits per heavy atom. The molecule has 3 heteroatoms. The molecule has 0 aliphatic carbocycles. The van der Waals surface area contributed by atoms with E-state index < -0.39 is 0 Å². The summed E-state index contributed by atoms with van der Waals surface area (Å²) in [6, 6.07) is 30.9. The fraction of sp³-hybridized carbons (Fsp3) is 0.162. The van der Waals surface area contributed by atoms with Crippen molar-refractivity contribution in [1.29, 1.82) is 0 Å². The molecule has 0 spiro atoms. The Hall–Kier alpha value is -4.50. The van der Waals surface area contributed by atoms with Crippen molar-refractivity contribution in [3.05, 3.63) is 114 Å². The summed E-state index contributed by atoms with van der Waals surface area (Å²) in [6.45, 7) is 8.77. The zero-order valence-electron chi connectivity index (χ0n) is 23.5. The lowest BCUT2D eigenvalue weighted by molar-refractivity contribution is -0.660. The second-order valence-corrected chi connectivity index (χ2v) is 11.9. The van der Waals surface area contributed by atoms with Crippen LogP contribution in [-0.4, -0.2) is 0 Å². The minimum atomic E-state index is -0.286. The molecular formula is C37H31FNO+. The molecule has 40 heavy (non-hydrogen) atoms. The van der Waals surface area contributed by atoms with Gasteiger partial charge in [-0.2, -0.15) is 0 Å². The molecule has 2 heterocycles. The van der Waals surface area contributed by atoms with Gasteiger partial charge in [-0.05, 0) is 80.9 Å². The maximum absolute atomic E-state index is 16.0. The lowest BCUT2D eigenvalue weighted by Crippen LogP contribution is -2.30. The molecule has 0 aliphatic rings. The van der Waals surface area contributed by atoms with Crippen molar-refractivity contribution in [1.82, 2.24) is 0 Å². The highest BCUT2D eigenvalue weighted by atomic mass is 19.1. The average molecular weight is 525 g/mol. The van der Waals surface area contributed by atoms with E-state index in [1.165, 1.54) is 10.9 Å². The number of halogens is 1. The maximum Gasteiger partial charge on any atom is 0.216 e. The van der Waals surface area contributed by atoms with Crippen LogP contribution < -0.4 is 4.57 Å². The van der Waals surface area contributed by atoms with Gasteiger partial charge in [0.15, 0.2) is 6.20 Å². The third kappa shape index (κ3) is 3.65. The van der Waals surface area contributed by atoms with E-state index in [1.807, 2.05) is 37.5 Å². The van der Waals surface area contributed by atoms with Crippen molar-refractivity contribution >= 4 is 43.5 Å². The van der Waals surface area contributed by atoms with Crippen LogP contribution in [0, 0.1) is 12.7 Å². The first-order valence-corrected chi connectivity index (χ1v) is 13.8. The van der Waals surface area contributed by atoms with Crippen molar-refractivity contribution in [2.24, 2.45) is 7.05 Å². The molecule has 0 amide bonds. The molecule has 2 nitrogen and oxygen atoms in total. The summed E-state index contributed by atoms with van der Waals surface area (Å²) in [5.74, 6) is -0.286. The molecule has 7 aromatic rings. The number of rotatable bonds is 2. The second-order valence-electron chi connectivity index (χ2n) is 11.9. The normalized spacial score (nSPS) is 12.2. The number of nitrogens with zero attached hydrogens (tertiary/aromatic N) is 1. The summed E-state index contributed by atoms with van der Waals surface area (Å²) in [5, 5.41) is 6.29. The lowest BCUT2D eigenvalue weighted by Gasteiger charge is -2.21. The van der Waals surface area contributed by atoms with E-state index in [9.17, 15) is 0 Å². The summed E-state index contributed by atoms with van der Waals surface area (Å²) in [4.78, 5) is 0. The number of benzene rings is 5. The summed E-state index contributed by atoms with van der Waals surface area (Å²) in [7, 11) is 2.04. The molecule has 0 saturated heterocycles. The van der Waals surface area contributed by atoms with Crippen LogP contribution in [0.25, 0.3) is 65.9 Å². The standard InChI is InChI=1S/C37H31FNO/c1-22-13-15-27-28-17-18-31(38)34(36(28)40-35(27)33(22)32-12-8-9-19-39(32)5)30-20-23-10-6-7-11-25(23)29-21-24(37(2,3)4)14-16-26(29)30/h6-21H,1-5H3/q+1. The van der Waals surface area contributed by atoms with E-state index >= 15 is 4.39 Å². The predicted molar refractivity (Wildman–Crippen MR) is 164 cm³/mol. The molecule has 0 N–H and O–H groups in total. The van der Waals surface area contributed by atoms with Gasteiger partial charge in [0, 0.05) is 22.9 Å². The predicted octanol–water partition coefficient (Wildman–Crippen LogP) is 9.80. The molecule has 0 radical (unpaired) electrons. The van der Waals surface area contributed by atoms with Gasteiger partial charge in [0.25, 0.3) is 0 Å². The molecule has 0 fully saturated rings. The summed E-state index contributed by atoms with van der Waals surface area (Å²) in [6.07, 6.45) is 2.04. The molecule has 2 aromatic heterocycles. The largest absolute Gasteiger partial charge is 0.454 e. The molecule has 5 aromatic carbocycles. The van der Waals surface area contributed by atoms with Crippen molar-refractivity contribution in [2.75, 3.05) is 0 Å². The summed E-state index contributed by atoms with van der Waals surface area (Å²) < 4.78 is 24.9. The van der Waals surface area contributed by atoms with Gasteiger partial charge < -0.3 is 4.42 Å². The van der Waals surface area contributed by atoms with Crippen LogP contribution >= 0.6 is 0 Å². The quantitative estimate of drug-likeness (QED) is 0.162. The van der Waals surface area contributed by atoms with Crippen LogP contribution in [0.5, 0.6) is 0 Å². The van der Waals surface area contributed by atoms with Crippen molar-refractivity contribution in [3.63, 3.8) is 0 Å². The van der Waals surface area contributed by atoms with Gasteiger partial charge in [-0.3, -0.25) is 0 Å². The minimum absolute atomic E-state index is 0.00284. The van der Waals surface area contributed by atoms with E-state index in [2.05, 4.69) is 92.9 Å². The fourth-order valence-corrected chi connectivity index (χ4v) is 6.11. The molecular weight excluding hydrogens is 493 g/mol. The van der Waals surface area contributed by atoms with Crippen LogP contribution in [0.4, 0.5) is 4.39 Å². The highest BCUT2D eigenvalue weighted by molar-refractivity contribution is 6.19. The minimum Gasteiger partial charge on any atom is -0.454 e. The lowest BCUT2D eigenvalue weighted by atomic mass is 9.84. The number of fused-ring (bicyclic) bond motifs is 6. The van der Waals surface area contributed by atoms with E-state index in [1.54, 1.807) is 6.07 Å². The Morgan fingerprint density at radius 2 is 1.38 bits per heavy atom. The summed E-state index contributed by atoms with van der Waals surface area (Å²) in [5.41, 5.74) is 7.16. The molecule has 196 valence electrons. The van der Waals surface area contributed by atoms with Gasteiger partial charge in [-0.15, -0.1) is 0 Å². The Labute approximate surface area is 233 Å². The van der Waals surface area contributed by atoms with Gasteiger partial charge in [-0.25, -0.2) is 8.96 Å². The van der Waals surface area contributed by atoms with Gasteiger partial charge in [-0.1, -0.05) is 69.3 Å². The number of hydrogen-bond donors (Lipinski definition) is 0. The van der Waals surface area contributed by atoms with Crippen molar-refractivity contribution < 1.29 is 13.4 Å². The van der Waals surface area contributed by atoms with Crippen LogP contribution in [0.2, 0.25) is 0 Å². The smallest absolute Gasteiger partial charge is 0.216 e. The monoisotopic (exact) mass is 524 g/mol. The average Bonchev–Trinajstić information content (AvgIpc) is 3.31. The van der Waals surface area contributed by atoms with Crippen LogP contribution in [0.3, 0.4) is 0 Å². The van der Waals surface area contributed by atoms with E-state index in [0.717, 1.165) is 54.9 Å². The van der Waals surface area contributed by atoms with E-state index in [-0.39, 0.29) is 11.2 Å². The molecule has 0 saturated carbocycles. The van der Waals surface area contributed by atoms with Crippen LogP contribution in [0.1, 0.15) is 31.9 Å². The number of hydrogen-bond acceptors (Lipinski definition) is 1. The van der Waals surface area contributed by atoms with Gasteiger partial charge in [0.2, 0.25) is 5.69 Å². The third-order valence-corrected chi connectivity index (χ3v) is 8.27. The SMILES string of the molecule is Cc1ccc2c(oc3c(-c4cc5ccccc5c5cc(C(C)(C)C)ccc45)c(F)ccc32)c1-c1cccc[n+]1C. The topological polar surface area (TPSA) is 17.0 Å². The van der Waals surface area contributed by atoms with E-state index in [4.69, 9.17) is 4.42 Å². The molecule has 0 bridgehead atoms. The first-order valence-electron chi connectivity index (χ1n) is 13.8. The van der Waals surface area contributed by atoms with Gasteiger partial charge in [0.1, 0.15) is 24.0 Å². The zero-order valence-corrected chi connectivity index (χ0v) is 23.5. The summed E-state index contributed by atoms with van der Waals surface area (Å²) >= 11 is 0. The number of furan rings is 1. The Balaban J connectivity index is 1.61. The van der Waals surface area contributed by atoms with Crippen molar-refractivity contribution in [3.8, 4) is 22.4 Å². The Morgan fingerprint density at radius 1 is 0.675 bits per heavy atom. The first-order chi connectivity index (χ1) is 19.2. The van der Waals surface area contributed by atoms with Crippen LogP contribution in [0.15, 0.2) is 102 Å². The Bertz CT molecular complexity index is 2130. The maximum atomic E-state index is 16.0. The molecule has 0 atom stereocenters. The number of aryl methyl sites for hydroxylation is 2. The highest BCUT2D eigenvalue weighted by Crippen LogP contribution is 2.45. The van der Waals surface area contributed by atoms with Gasteiger partial charge in [0.05, 0.1) is 11.1 Å². The van der Waals surface area contributed by atoms with Crippen LogP contribution in [-0.2, 0) is 12.5 Å². The van der Waals surface area contributed by atoms with Crippen molar-refractivity contribution in [2.45, 2.75) is 33.1 Å². The number of pyridine rings is 1. The molecule has 0 unspecified atom stereocenters. The third-order valence-electron chi connectivity index (χ3n) is 8.27. The molecule has 7 rings (SSSR count). The Kier molecular flexibility index (Phi) is 5.37.